The van der Waals surface area contributed by atoms with Crippen molar-refractivity contribution in [2.45, 2.75) is 50.9 Å². The van der Waals surface area contributed by atoms with Crippen LogP contribution in [-0.2, 0) is 0 Å². The highest BCUT2D eigenvalue weighted by atomic mass is 16.5. The number of aryl methyl sites for hydroxylation is 1. The first-order chi connectivity index (χ1) is 9.29. The number of methoxy groups -OCH3 is 1. The molecular formula is C14H18N4O. The summed E-state index contributed by atoms with van der Waals surface area (Å²) >= 11 is 0. The maximum Gasteiger partial charge on any atom is 0.220 e. The molecule has 2 unspecified atom stereocenters. The molecule has 2 aromatic rings. The Hall–Kier alpha value is -1.65. The quantitative estimate of drug-likeness (QED) is 0.789. The lowest BCUT2D eigenvalue weighted by atomic mass is 9.81. The van der Waals surface area contributed by atoms with Gasteiger partial charge >= 0.3 is 0 Å². The van der Waals surface area contributed by atoms with E-state index in [0.29, 0.717) is 11.8 Å². The van der Waals surface area contributed by atoms with Crippen LogP contribution in [0.5, 0.6) is 5.88 Å². The molecular weight excluding hydrogens is 240 g/mol. The molecule has 2 bridgehead atoms. The second-order valence-corrected chi connectivity index (χ2v) is 5.73. The summed E-state index contributed by atoms with van der Waals surface area (Å²) in [4.78, 5) is 4.64. The van der Waals surface area contributed by atoms with Gasteiger partial charge in [-0.3, -0.25) is 0 Å². The fourth-order valence-electron chi connectivity index (χ4n) is 3.82. The number of ether oxygens (including phenoxy) is 1. The Bertz CT molecular complexity index is 644. The third-order valence-electron chi connectivity index (χ3n) is 4.71. The van der Waals surface area contributed by atoms with E-state index < -0.39 is 0 Å². The van der Waals surface area contributed by atoms with Crippen LogP contribution in [-0.4, -0.2) is 26.9 Å². The topological polar surface area (TPSA) is 52.3 Å². The molecule has 5 heteroatoms. The van der Waals surface area contributed by atoms with Crippen LogP contribution in [0.15, 0.2) is 0 Å². The molecule has 0 N–H and O–H groups in total. The fourth-order valence-corrected chi connectivity index (χ4v) is 3.82. The standard InChI is InChI=1S/C14H18N4O/c1-8-13-15-14(19-2)11-9-4-3-5-10(7-6-9)12(11)18(13)17-16-8/h9-10H,3-7H2,1-2H3. The Morgan fingerprint density at radius 2 is 1.95 bits per heavy atom. The first kappa shape index (κ1) is 11.2. The molecule has 2 atom stereocenters. The lowest BCUT2D eigenvalue weighted by Gasteiger charge is -2.28. The van der Waals surface area contributed by atoms with Crippen molar-refractivity contribution in [1.29, 1.82) is 0 Å². The molecule has 3 aliphatic carbocycles. The SMILES string of the molecule is COc1nc2c(C)nnn2c2c1C1CCCC2CC1. The van der Waals surface area contributed by atoms with Gasteiger partial charge in [-0.05, 0) is 38.5 Å². The Morgan fingerprint density at radius 1 is 1.16 bits per heavy atom. The number of rotatable bonds is 1. The van der Waals surface area contributed by atoms with Crippen LogP contribution in [0.3, 0.4) is 0 Å². The number of aromatic nitrogens is 4. The van der Waals surface area contributed by atoms with Gasteiger partial charge in [0.2, 0.25) is 5.88 Å². The Labute approximate surface area is 112 Å². The van der Waals surface area contributed by atoms with E-state index in [0.717, 1.165) is 17.2 Å². The fraction of sp³-hybridized carbons (Fsp3) is 0.643. The van der Waals surface area contributed by atoms with Gasteiger partial charge < -0.3 is 4.74 Å². The average Bonchev–Trinajstić information content (AvgIpc) is 2.64. The van der Waals surface area contributed by atoms with Gasteiger partial charge in [0.25, 0.3) is 0 Å². The molecule has 0 saturated heterocycles. The summed E-state index contributed by atoms with van der Waals surface area (Å²) in [5, 5.41) is 8.50. The van der Waals surface area contributed by atoms with Crippen LogP contribution in [0, 0.1) is 6.92 Å². The highest BCUT2D eigenvalue weighted by molar-refractivity contribution is 5.51. The van der Waals surface area contributed by atoms with Crippen molar-refractivity contribution in [1.82, 2.24) is 19.8 Å². The maximum absolute atomic E-state index is 5.57. The summed E-state index contributed by atoms with van der Waals surface area (Å²) in [5.74, 6) is 1.98. The van der Waals surface area contributed by atoms with Gasteiger partial charge in [-0.2, -0.15) is 9.50 Å². The van der Waals surface area contributed by atoms with E-state index in [-0.39, 0.29) is 0 Å². The van der Waals surface area contributed by atoms with Crippen LogP contribution >= 0.6 is 0 Å². The summed E-state index contributed by atoms with van der Waals surface area (Å²) in [7, 11) is 1.72. The first-order valence-electron chi connectivity index (χ1n) is 7.09. The number of fused-ring (bicyclic) bond motifs is 4. The lowest BCUT2D eigenvalue weighted by Crippen LogP contribution is -2.18. The zero-order valence-electron chi connectivity index (χ0n) is 11.4. The smallest absolute Gasteiger partial charge is 0.220 e. The van der Waals surface area contributed by atoms with Crippen molar-refractivity contribution >= 4 is 5.65 Å². The predicted octanol–water partition coefficient (Wildman–Crippen LogP) is 2.59. The molecule has 1 saturated carbocycles. The molecule has 19 heavy (non-hydrogen) atoms. The van der Waals surface area contributed by atoms with Crippen molar-refractivity contribution < 1.29 is 4.74 Å². The second kappa shape index (κ2) is 3.92. The molecule has 5 nitrogen and oxygen atoms in total. The highest BCUT2D eigenvalue weighted by Gasteiger charge is 2.36. The van der Waals surface area contributed by atoms with E-state index in [1.54, 1.807) is 7.11 Å². The molecule has 0 radical (unpaired) electrons. The number of hydrogen-bond donors (Lipinski definition) is 0. The van der Waals surface area contributed by atoms with Crippen LogP contribution in [0.1, 0.15) is 60.9 Å². The van der Waals surface area contributed by atoms with E-state index in [1.807, 2.05) is 11.4 Å². The molecule has 2 heterocycles. The van der Waals surface area contributed by atoms with Gasteiger partial charge in [0, 0.05) is 11.5 Å². The summed E-state index contributed by atoms with van der Waals surface area (Å²) in [6, 6.07) is 0. The molecule has 5 rings (SSSR count). The second-order valence-electron chi connectivity index (χ2n) is 5.73. The largest absolute Gasteiger partial charge is 0.481 e. The van der Waals surface area contributed by atoms with Crippen LogP contribution in [0.2, 0.25) is 0 Å². The predicted molar refractivity (Wildman–Crippen MR) is 70.6 cm³/mol. The number of hydrogen-bond acceptors (Lipinski definition) is 4. The molecule has 0 spiro atoms. The van der Waals surface area contributed by atoms with Gasteiger partial charge in [-0.15, -0.1) is 5.10 Å². The number of nitrogens with zero attached hydrogens (tertiary/aromatic N) is 4. The first-order valence-corrected chi connectivity index (χ1v) is 7.09. The van der Waals surface area contributed by atoms with Crippen molar-refractivity contribution in [2.24, 2.45) is 0 Å². The minimum atomic E-state index is 0.588. The summed E-state index contributed by atoms with van der Waals surface area (Å²) in [5.41, 5.74) is 4.34. The molecule has 100 valence electrons. The van der Waals surface area contributed by atoms with Crippen LogP contribution in [0.4, 0.5) is 0 Å². The van der Waals surface area contributed by atoms with E-state index in [2.05, 4.69) is 15.3 Å². The van der Waals surface area contributed by atoms with E-state index >= 15 is 0 Å². The van der Waals surface area contributed by atoms with E-state index in [1.165, 1.54) is 43.4 Å². The van der Waals surface area contributed by atoms with Gasteiger partial charge in [-0.25, -0.2) is 0 Å². The molecule has 1 fully saturated rings. The van der Waals surface area contributed by atoms with Crippen molar-refractivity contribution in [2.75, 3.05) is 7.11 Å². The minimum absolute atomic E-state index is 0.588. The normalized spacial score (nSPS) is 25.4. The average molecular weight is 258 g/mol. The zero-order chi connectivity index (χ0) is 13.0. The Balaban J connectivity index is 2.10. The Morgan fingerprint density at radius 3 is 2.79 bits per heavy atom. The molecule has 0 aromatic carbocycles. The van der Waals surface area contributed by atoms with Crippen molar-refractivity contribution in [3.05, 3.63) is 17.0 Å². The Kier molecular flexibility index (Phi) is 2.31. The van der Waals surface area contributed by atoms with Gasteiger partial charge in [0.15, 0.2) is 5.65 Å². The summed E-state index contributed by atoms with van der Waals surface area (Å²) < 4.78 is 7.54. The zero-order valence-corrected chi connectivity index (χ0v) is 11.4. The van der Waals surface area contributed by atoms with Gasteiger partial charge in [0.05, 0.1) is 12.8 Å². The maximum atomic E-state index is 5.57. The van der Waals surface area contributed by atoms with Gasteiger partial charge in [-0.1, -0.05) is 11.6 Å². The summed E-state index contributed by atoms with van der Waals surface area (Å²) in [6.45, 7) is 1.95. The van der Waals surface area contributed by atoms with Crippen molar-refractivity contribution in [3.8, 4) is 5.88 Å². The molecule has 2 aromatic heterocycles. The minimum Gasteiger partial charge on any atom is -0.481 e. The third-order valence-corrected chi connectivity index (χ3v) is 4.71. The van der Waals surface area contributed by atoms with E-state index in [9.17, 15) is 0 Å². The monoisotopic (exact) mass is 258 g/mol. The van der Waals surface area contributed by atoms with Crippen LogP contribution < -0.4 is 4.74 Å². The van der Waals surface area contributed by atoms with Gasteiger partial charge in [0.1, 0.15) is 5.69 Å². The van der Waals surface area contributed by atoms with Crippen molar-refractivity contribution in [3.63, 3.8) is 0 Å². The van der Waals surface area contributed by atoms with Crippen LogP contribution in [0.25, 0.3) is 5.65 Å². The molecule has 0 aliphatic heterocycles. The third kappa shape index (κ3) is 1.44. The summed E-state index contributed by atoms with van der Waals surface area (Å²) in [6.07, 6.45) is 6.32. The van der Waals surface area contributed by atoms with E-state index in [4.69, 9.17) is 4.74 Å². The molecule has 3 aliphatic rings. The highest BCUT2D eigenvalue weighted by Crippen LogP contribution is 2.49. The lowest BCUT2D eigenvalue weighted by molar-refractivity contribution is 0.375. The molecule has 0 amide bonds.